The minimum atomic E-state index is -0.000926. The molecule has 0 bridgehead atoms. The van der Waals surface area contributed by atoms with E-state index in [4.69, 9.17) is 5.73 Å². The molecule has 1 aliphatic rings. The molecular weight excluding hydrogens is 190 g/mol. The van der Waals surface area contributed by atoms with Crippen molar-refractivity contribution < 1.29 is 4.79 Å². The zero-order valence-corrected chi connectivity index (χ0v) is 8.68. The molecule has 3 N–H and O–H groups in total. The van der Waals surface area contributed by atoms with Gasteiger partial charge in [0.05, 0.1) is 12.0 Å². The van der Waals surface area contributed by atoms with E-state index >= 15 is 0 Å². The lowest BCUT2D eigenvalue weighted by atomic mass is 10.1. The number of nitrogens with one attached hydrogen (secondary N) is 1. The number of hydrogen-bond donors (Lipinski definition) is 2. The lowest BCUT2D eigenvalue weighted by molar-refractivity contribution is -0.123. The van der Waals surface area contributed by atoms with Gasteiger partial charge in [-0.05, 0) is 25.0 Å². The molecule has 4 nitrogen and oxygen atoms in total. The van der Waals surface area contributed by atoms with Crippen molar-refractivity contribution >= 4 is 5.91 Å². The lowest BCUT2D eigenvalue weighted by Gasteiger charge is -2.13. The third kappa shape index (κ3) is 2.33. The molecule has 1 saturated carbocycles. The Morgan fingerprint density at radius 2 is 2.47 bits per heavy atom. The Morgan fingerprint density at radius 1 is 1.73 bits per heavy atom. The summed E-state index contributed by atoms with van der Waals surface area (Å²) in [5, 5.41) is 2.93. The maximum Gasteiger partial charge on any atom is 0.225 e. The average Bonchev–Trinajstić information content (AvgIpc) is 2.97. The van der Waals surface area contributed by atoms with Crippen LogP contribution in [0.25, 0.3) is 0 Å². The Kier molecular flexibility index (Phi) is 2.68. The number of pyridine rings is 1. The molecule has 80 valence electrons. The maximum atomic E-state index is 11.6. The summed E-state index contributed by atoms with van der Waals surface area (Å²) < 4.78 is 0. The molecule has 3 atom stereocenters. The molecule has 1 aromatic rings. The third-order valence-corrected chi connectivity index (χ3v) is 2.72. The summed E-state index contributed by atoms with van der Waals surface area (Å²) in [6.07, 6.45) is 4.29. The smallest absolute Gasteiger partial charge is 0.225 e. The van der Waals surface area contributed by atoms with Gasteiger partial charge in [0.15, 0.2) is 0 Å². The van der Waals surface area contributed by atoms with Gasteiger partial charge < -0.3 is 11.1 Å². The number of nitrogens with zero attached hydrogens (tertiary/aromatic N) is 1. The van der Waals surface area contributed by atoms with Crippen LogP contribution < -0.4 is 11.1 Å². The minimum Gasteiger partial charge on any atom is -0.349 e. The van der Waals surface area contributed by atoms with E-state index in [-0.39, 0.29) is 23.9 Å². The molecule has 0 saturated heterocycles. The zero-order valence-electron chi connectivity index (χ0n) is 8.68. The molecule has 0 aromatic carbocycles. The highest BCUT2D eigenvalue weighted by Gasteiger charge is 2.40. The quantitative estimate of drug-likeness (QED) is 0.759. The molecule has 0 aliphatic heterocycles. The SMILES string of the molecule is CC(NC(=O)C1CC1N)c1cccnc1. The van der Waals surface area contributed by atoms with Gasteiger partial charge in [-0.25, -0.2) is 0 Å². The summed E-state index contributed by atoms with van der Waals surface area (Å²) in [6.45, 7) is 1.95. The number of amides is 1. The maximum absolute atomic E-state index is 11.6. The molecule has 3 unspecified atom stereocenters. The number of carbonyl (C=O) groups is 1. The second-order valence-corrected chi connectivity index (χ2v) is 4.02. The molecule has 2 rings (SSSR count). The molecule has 0 spiro atoms. The van der Waals surface area contributed by atoms with E-state index in [0.717, 1.165) is 12.0 Å². The van der Waals surface area contributed by atoms with Crippen LogP contribution in [-0.4, -0.2) is 16.9 Å². The fourth-order valence-corrected chi connectivity index (χ4v) is 1.55. The van der Waals surface area contributed by atoms with E-state index in [0.29, 0.717) is 0 Å². The van der Waals surface area contributed by atoms with E-state index in [2.05, 4.69) is 10.3 Å². The first-order valence-electron chi connectivity index (χ1n) is 5.14. The molecule has 1 aliphatic carbocycles. The normalized spacial score (nSPS) is 25.7. The van der Waals surface area contributed by atoms with Crippen LogP contribution in [-0.2, 0) is 4.79 Å². The monoisotopic (exact) mass is 205 g/mol. The molecule has 1 heterocycles. The van der Waals surface area contributed by atoms with Crippen LogP contribution in [0.5, 0.6) is 0 Å². The van der Waals surface area contributed by atoms with Gasteiger partial charge in [0.2, 0.25) is 5.91 Å². The molecular formula is C11H15N3O. The van der Waals surface area contributed by atoms with E-state index in [1.54, 1.807) is 12.4 Å². The molecule has 1 fully saturated rings. The lowest BCUT2D eigenvalue weighted by Crippen LogP contribution is -2.30. The van der Waals surface area contributed by atoms with Crippen molar-refractivity contribution in [2.45, 2.75) is 25.4 Å². The number of rotatable bonds is 3. The van der Waals surface area contributed by atoms with Gasteiger partial charge in [-0.2, -0.15) is 0 Å². The molecule has 1 aromatic heterocycles. The number of nitrogens with two attached hydrogens (primary N) is 1. The van der Waals surface area contributed by atoms with Crippen LogP contribution >= 0.6 is 0 Å². The van der Waals surface area contributed by atoms with Crippen molar-refractivity contribution in [2.24, 2.45) is 11.7 Å². The number of carbonyl (C=O) groups excluding carboxylic acids is 1. The highest BCUT2D eigenvalue weighted by atomic mass is 16.2. The largest absolute Gasteiger partial charge is 0.349 e. The first-order valence-corrected chi connectivity index (χ1v) is 5.14. The predicted octanol–water partition coefficient (Wildman–Crippen LogP) is 0.606. The summed E-state index contributed by atoms with van der Waals surface area (Å²) in [4.78, 5) is 15.6. The van der Waals surface area contributed by atoms with Gasteiger partial charge in [0.1, 0.15) is 0 Å². The Labute approximate surface area is 88.9 Å². The second-order valence-electron chi connectivity index (χ2n) is 4.02. The first kappa shape index (κ1) is 10.1. The van der Waals surface area contributed by atoms with Crippen molar-refractivity contribution in [3.8, 4) is 0 Å². The Bertz CT molecular complexity index is 352. The van der Waals surface area contributed by atoms with E-state index in [1.807, 2.05) is 19.1 Å². The summed E-state index contributed by atoms with van der Waals surface area (Å²) in [7, 11) is 0. The summed E-state index contributed by atoms with van der Waals surface area (Å²) in [6, 6.07) is 3.87. The van der Waals surface area contributed by atoms with Gasteiger partial charge in [-0.15, -0.1) is 0 Å². The van der Waals surface area contributed by atoms with E-state index < -0.39 is 0 Å². The fourth-order valence-electron chi connectivity index (χ4n) is 1.55. The van der Waals surface area contributed by atoms with Crippen molar-refractivity contribution in [3.05, 3.63) is 30.1 Å². The second kappa shape index (κ2) is 3.98. The standard InChI is InChI=1S/C11H15N3O/c1-7(8-3-2-4-13-6-8)14-11(15)9-5-10(9)12/h2-4,6-7,9-10H,5,12H2,1H3,(H,14,15). The van der Waals surface area contributed by atoms with Gasteiger partial charge in [-0.3, -0.25) is 9.78 Å². The average molecular weight is 205 g/mol. The van der Waals surface area contributed by atoms with Crippen LogP contribution in [0.4, 0.5) is 0 Å². The molecule has 15 heavy (non-hydrogen) atoms. The highest BCUT2D eigenvalue weighted by molar-refractivity contribution is 5.82. The van der Waals surface area contributed by atoms with E-state index in [9.17, 15) is 4.79 Å². The van der Waals surface area contributed by atoms with Crippen molar-refractivity contribution in [2.75, 3.05) is 0 Å². The van der Waals surface area contributed by atoms with Gasteiger partial charge in [0.25, 0.3) is 0 Å². The highest BCUT2D eigenvalue weighted by Crippen LogP contribution is 2.28. The van der Waals surface area contributed by atoms with Gasteiger partial charge in [0, 0.05) is 18.4 Å². The Balaban J connectivity index is 1.92. The zero-order chi connectivity index (χ0) is 10.8. The summed E-state index contributed by atoms with van der Waals surface area (Å²) >= 11 is 0. The summed E-state index contributed by atoms with van der Waals surface area (Å²) in [5.41, 5.74) is 6.62. The van der Waals surface area contributed by atoms with Crippen LogP contribution in [0.3, 0.4) is 0 Å². The van der Waals surface area contributed by atoms with Gasteiger partial charge >= 0.3 is 0 Å². The number of hydrogen-bond acceptors (Lipinski definition) is 3. The first-order chi connectivity index (χ1) is 7.18. The van der Waals surface area contributed by atoms with E-state index in [1.165, 1.54) is 0 Å². The van der Waals surface area contributed by atoms with Crippen molar-refractivity contribution in [1.82, 2.24) is 10.3 Å². The third-order valence-electron chi connectivity index (χ3n) is 2.72. The number of aromatic nitrogens is 1. The topological polar surface area (TPSA) is 68.0 Å². The Morgan fingerprint density at radius 3 is 3.00 bits per heavy atom. The predicted molar refractivity (Wildman–Crippen MR) is 56.9 cm³/mol. The minimum absolute atomic E-state index is 0.000926. The van der Waals surface area contributed by atoms with Crippen molar-refractivity contribution in [3.63, 3.8) is 0 Å². The van der Waals surface area contributed by atoms with Crippen LogP contribution in [0.1, 0.15) is 24.9 Å². The summed E-state index contributed by atoms with van der Waals surface area (Å²) in [5.74, 6) is 0.0722. The molecule has 0 radical (unpaired) electrons. The fraction of sp³-hybridized carbons (Fsp3) is 0.455. The molecule has 4 heteroatoms. The van der Waals surface area contributed by atoms with Gasteiger partial charge in [-0.1, -0.05) is 6.07 Å². The van der Waals surface area contributed by atoms with Crippen LogP contribution in [0.15, 0.2) is 24.5 Å². The molecule has 1 amide bonds. The van der Waals surface area contributed by atoms with Crippen LogP contribution in [0, 0.1) is 5.92 Å². The van der Waals surface area contributed by atoms with Crippen molar-refractivity contribution in [1.29, 1.82) is 0 Å². The Hall–Kier alpha value is -1.42. The van der Waals surface area contributed by atoms with Crippen LogP contribution in [0.2, 0.25) is 0 Å².